The van der Waals surface area contributed by atoms with Crippen molar-refractivity contribution in [3.63, 3.8) is 0 Å². The summed E-state index contributed by atoms with van der Waals surface area (Å²) in [7, 11) is 3.05. The van der Waals surface area contributed by atoms with E-state index >= 15 is 0 Å². The molecule has 0 aliphatic rings. The fraction of sp³-hybridized carbons (Fsp3) is 0.562. The van der Waals surface area contributed by atoms with Crippen molar-refractivity contribution in [2.45, 2.75) is 33.3 Å². The minimum atomic E-state index is -0.473. The quantitative estimate of drug-likeness (QED) is 0.754. The van der Waals surface area contributed by atoms with Gasteiger partial charge >= 0.3 is 6.03 Å². The molecule has 6 heteroatoms. The van der Waals surface area contributed by atoms with Crippen LogP contribution in [0, 0.1) is 5.41 Å². The number of aliphatic hydroxyl groups is 1. The topological polar surface area (TPSA) is 79.8 Å². The summed E-state index contributed by atoms with van der Waals surface area (Å²) >= 11 is 0. The van der Waals surface area contributed by atoms with Crippen LogP contribution in [0.25, 0.3) is 0 Å². The van der Waals surface area contributed by atoms with Crippen LogP contribution in [0.1, 0.15) is 27.2 Å². The number of rotatable bonds is 6. The van der Waals surface area contributed by atoms with Gasteiger partial charge in [0, 0.05) is 6.54 Å². The first-order chi connectivity index (χ1) is 10.3. The summed E-state index contributed by atoms with van der Waals surface area (Å²) in [5.41, 5.74) is 0.324. The van der Waals surface area contributed by atoms with Crippen LogP contribution in [0.3, 0.4) is 0 Å². The maximum atomic E-state index is 11.9. The zero-order valence-electron chi connectivity index (χ0n) is 13.9. The number of aliphatic hydroxyl groups excluding tert-OH is 1. The number of anilines is 1. The Balaban J connectivity index is 2.56. The highest BCUT2D eigenvalue weighted by atomic mass is 16.5. The van der Waals surface area contributed by atoms with Crippen molar-refractivity contribution in [2.24, 2.45) is 5.41 Å². The second-order valence-corrected chi connectivity index (χ2v) is 6.09. The molecule has 1 unspecified atom stereocenters. The maximum Gasteiger partial charge on any atom is 0.319 e. The van der Waals surface area contributed by atoms with Crippen molar-refractivity contribution in [3.05, 3.63) is 18.2 Å². The van der Waals surface area contributed by atoms with E-state index in [1.165, 1.54) is 14.2 Å². The van der Waals surface area contributed by atoms with Gasteiger partial charge in [-0.3, -0.25) is 0 Å². The third-order valence-corrected chi connectivity index (χ3v) is 3.35. The Hall–Kier alpha value is -1.95. The van der Waals surface area contributed by atoms with Gasteiger partial charge in [-0.15, -0.1) is 0 Å². The number of carbonyl (C=O) groups is 1. The third kappa shape index (κ3) is 5.11. The fourth-order valence-electron chi connectivity index (χ4n) is 1.91. The maximum absolute atomic E-state index is 11.9. The summed E-state index contributed by atoms with van der Waals surface area (Å²) in [5.74, 6) is 1.01. The molecule has 0 aliphatic heterocycles. The van der Waals surface area contributed by atoms with Crippen molar-refractivity contribution >= 4 is 11.7 Å². The molecule has 1 atom stereocenters. The Kier molecular flexibility index (Phi) is 6.49. The van der Waals surface area contributed by atoms with Gasteiger partial charge in [0.1, 0.15) is 0 Å². The molecule has 22 heavy (non-hydrogen) atoms. The fourth-order valence-corrected chi connectivity index (χ4v) is 1.91. The average molecular weight is 310 g/mol. The number of hydrogen-bond acceptors (Lipinski definition) is 4. The number of nitrogens with one attached hydrogen (secondary N) is 2. The lowest BCUT2D eigenvalue weighted by molar-refractivity contribution is 0.0565. The van der Waals surface area contributed by atoms with Crippen LogP contribution in [0.5, 0.6) is 11.5 Å². The second-order valence-electron chi connectivity index (χ2n) is 6.09. The summed E-state index contributed by atoms with van der Waals surface area (Å²) in [6.07, 6.45) is 0.0192. The summed E-state index contributed by atoms with van der Waals surface area (Å²) in [4.78, 5) is 11.9. The molecule has 1 aromatic carbocycles. The highest BCUT2D eigenvalue weighted by Crippen LogP contribution is 2.34. The number of urea groups is 1. The molecule has 1 rings (SSSR count). The molecule has 0 spiro atoms. The monoisotopic (exact) mass is 310 g/mol. The van der Waals surface area contributed by atoms with E-state index in [-0.39, 0.29) is 11.4 Å². The van der Waals surface area contributed by atoms with Crippen molar-refractivity contribution < 1.29 is 19.4 Å². The average Bonchev–Trinajstić information content (AvgIpc) is 2.45. The molecule has 0 saturated carbocycles. The molecule has 3 N–H and O–H groups in total. The number of hydrogen-bond donors (Lipinski definition) is 3. The Morgan fingerprint density at radius 2 is 1.95 bits per heavy atom. The van der Waals surface area contributed by atoms with Gasteiger partial charge in [0.05, 0.1) is 26.0 Å². The van der Waals surface area contributed by atoms with Crippen LogP contribution in [0.15, 0.2) is 18.2 Å². The largest absolute Gasteiger partial charge is 0.493 e. The van der Waals surface area contributed by atoms with Crippen LogP contribution in [0.4, 0.5) is 10.5 Å². The van der Waals surface area contributed by atoms with E-state index in [4.69, 9.17) is 9.47 Å². The Labute approximate surface area is 131 Å². The lowest BCUT2D eigenvalue weighted by Gasteiger charge is -2.25. The van der Waals surface area contributed by atoms with Crippen LogP contribution >= 0.6 is 0 Å². The van der Waals surface area contributed by atoms with Crippen LogP contribution in [-0.4, -0.2) is 38.0 Å². The van der Waals surface area contributed by atoms with Gasteiger partial charge in [0.25, 0.3) is 0 Å². The standard InChI is InChI=1S/C16H26N2O4/c1-16(2,3)13(19)9-10-17-15(20)18-11-7-6-8-12(21-4)14(11)22-5/h6-8,13,19H,9-10H2,1-5H3,(H2,17,18,20). The zero-order valence-corrected chi connectivity index (χ0v) is 13.9. The van der Waals surface area contributed by atoms with E-state index in [0.717, 1.165) is 0 Å². The van der Waals surface area contributed by atoms with Gasteiger partial charge in [0.2, 0.25) is 0 Å². The lowest BCUT2D eigenvalue weighted by Crippen LogP contribution is -2.34. The van der Waals surface area contributed by atoms with Crippen molar-refractivity contribution in [2.75, 3.05) is 26.1 Å². The molecule has 0 radical (unpaired) electrons. The van der Waals surface area contributed by atoms with Gasteiger partial charge in [-0.1, -0.05) is 26.8 Å². The van der Waals surface area contributed by atoms with E-state index in [9.17, 15) is 9.90 Å². The van der Waals surface area contributed by atoms with Gasteiger partial charge in [-0.05, 0) is 24.0 Å². The van der Waals surface area contributed by atoms with Crippen molar-refractivity contribution in [1.82, 2.24) is 5.32 Å². The first kappa shape index (κ1) is 18.1. The summed E-state index contributed by atoms with van der Waals surface area (Å²) in [6, 6.07) is 4.89. The molecule has 0 fully saturated rings. The van der Waals surface area contributed by atoms with Gasteiger partial charge in [-0.25, -0.2) is 4.79 Å². The number of ether oxygens (including phenoxy) is 2. The molecule has 0 aliphatic carbocycles. The minimum Gasteiger partial charge on any atom is -0.493 e. The van der Waals surface area contributed by atoms with E-state index in [1.807, 2.05) is 20.8 Å². The molecular formula is C16H26N2O4. The van der Waals surface area contributed by atoms with Crippen LogP contribution in [-0.2, 0) is 0 Å². The van der Waals surface area contributed by atoms with Gasteiger partial charge < -0.3 is 25.2 Å². The number of amides is 2. The normalized spacial score (nSPS) is 12.5. The van der Waals surface area contributed by atoms with E-state index in [0.29, 0.717) is 30.2 Å². The Morgan fingerprint density at radius 3 is 2.50 bits per heavy atom. The SMILES string of the molecule is COc1cccc(NC(=O)NCCC(O)C(C)(C)C)c1OC. The first-order valence-electron chi connectivity index (χ1n) is 7.23. The van der Waals surface area contributed by atoms with Gasteiger partial charge in [0.15, 0.2) is 11.5 Å². The molecule has 6 nitrogen and oxygen atoms in total. The Bertz CT molecular complexity index is 497. The van der Waals surface area contributed by atoms with E-state index in [2.05, 4.69) is 10.6 Å². The minimum absolute atomic E-state index is 0.200. The van der Waals surface area contributed by atoms with Crippen molar-refractivity contribution in [3.8, 4) is 11.5 Å². The number of methoxy groups -OCH3 is 2. The van der Waals surface area contributed by atoms with Crippen LogP contribution < -0.4 is 20.1 Å². The predicted octanol–water partition coefficient (Wildman–Crippen LogP) is 2.62. The molecular weight excluding hydrogens is 284 g/mol. The number of para-hydroxylation sites is 1. The predicted molar refractivity (Wildman–Crippen MR) is 86.6 cm³/mol. The lowest BCUT2D eigenvalue weighted by atomic mass is 9.87. The van der Waals surface area contributed by atoms with Crippen molar-refractivity contribution in [1.29, 1.82) is 0 Å². The van der Waals surface area contributed by atoms with Gasteiger partial charge in [-0.2, -0.15) is 0 Å². The first-order valence-corrected chi connectivity index (χ1v) is 7.23. The molecule has 1 aromatic rings. The molecule has 0 bridgehead atoms. The molecule has 0 aromatic heterocycles. The van der Waals surface area contributed by atoms with E-state index < -0.39 is 6.10 Å². The molecule has 0 saturated heterocycles. The second kappa shape index (κ2) is 7.89. The number of benzene rings is 1. The molecule has 0 heterocycles. The summed E-state index contributed by atoms with van der Waals surface area (Å²) < 4.78 is 10.4. The van der Waals surface area contributed by atoms with Crippen LogP contribution in [0.2, 0.25) is 0 Å². The summed E-state index contributed by atoms with van der Waals surface area (Å²) in [5, 5.41) is 15.4. The molecule has 2 amide bonds. The Morgan fingerprint density at radius 1 is 1.27 bits per heavy atom. The number of carbonyl (C=O) groups excluding carboxylic acids is 1. The van der Waals surface area contributed by atoms with E-state index in [1.54, 1.807) is 18.2 Å². The zero-order chi connectivity index (χ0) is 16.8. The summed E-state index contributed by atoms with van der Waals surface area (Å²) in [6.45, 7) is 6.26. The molecule has 124 valence electrons. The third-order valence-electron chi connectivity index (χ3n) is 3.35. The highest BCUT2D eigenvalue weighted by Gasteiger charge is 2.21. The highest BCUT2D eigenvalue weighted by molar-refractivity contribution is 5.91. The smallest absolute Gasteiger partial charge is 0.319 e.